The van der Waals surface area contributed by atoms with Gasteiger partial charge in [-0.1, -0.05) is 13.0 Å². The second-order valence-corrected chi connectivity index (χ2v) is 11.4. The smallest absolute Gasteiger partial charge is 0.338 e. The quantitative estimate of drug-likeness (QED) is 0.542. The van der Waals surface area contributed by atoms with Gasteiger partial charge in [-0.25, -0.2) is 4.79 Å². The summed E-state index contributed by atoms with van der Waals surface area (Å²) in [7, 11) is 0. The minimum absolute atomic E-state index is 0.00775. The molecule has 5 rings (SSSR count). The van der Waals surface area contributed by atoms with Crippen molar-refractivity contribution in [2.24, 2.45) is 11.3 Å². The fourth-order valence-corrected chi connectivity index (χ4v) is 6.08. The Balaban J connectivity index is 1.25. The Labute approximate surface area is 230 Å². The minimum atomic E-state index is -0.436. The van der Waals surface area contributed by atoms with Crippen LogP contribution in [0.1, 0.15) is 88.4 Å². The highest BCUT2D eigenvalue weighted by molar-refractivity contribution is 5.98. The van der Waals surface area contributed by atoms with E-state index in [-0.39, 0.29) is 29.8 Å². The number of piperidine rings is 1. The third kappa shape index (κ3) is 6.03. The summed E-state index contributed by atoms with van der Waals surface area (Å²) in [6, 6.07) is 6.82. The molecule has 1 unspecified atom stereocenters. The minimum Gasteiger partial charge on any atom is -0.462 e. The van der Waals surface area contributed by atoms with E-state index in [1.54, 1.807) is 24.3 Å². The molecule has 1 atom stereocenters. The molecule has 2 aromatic rings. The maximum atomic E-state index is 13.1. The number of fused-ring (bicyclic) bond motifs is 1. The highest BCUT2D eigenvalue weighted by atomic mass is 16.5. The normalized spacial score (nSPS) is 19.6. The van der Waals surface area contributed by atoms with Gasteiger partial charge in [0.2, 0.25) is 0 Å². The lowest BCUT2D eigenvalue weighted by Crippen LogP contribution is -2.40. The van der Waals surface area contributed by atoms with E-state index in [0.29, 0.717) is 49.5 Å². The van der Waals surface area contributed by atoms with Gasteiger partial charge in [-0.2, -0.15) is 5.10 Å². The highest BCUT2D eigenvalue weighted by Gasteiger charge is 2.39. The van der Waals surface area contributed by atoms with Crippen LogP contribution in [0.5, 0.6) is 0 Å². The summed E-state index contributed by atoms with van der Waals surface area (Å²) in [6.07, 6.45) is 6.42. The lowest BCUT2D eigenvalue weighted by Gasteiger charge is -2.36. The zero-order valence-electron chi connectivity index (χ0n) is 23.2. The molecule has 1 aromatic carbocycles. The Morgan fingerprint density at radius 1 is 1.15 bits per heavy atom. The second-order valence-electron chi connectivity index (χ2n) is 11.4. The Bertz CT molecular complexity index is 1210. The molecule has 1 spiro atoms. The molecule has 1 aromatic heterocycles. The van der Waals surface area contributed by atoms with E-state index < -0.39 is 5.97 Å². The first-order valence-corrected chi connectivity index (χ1v) is 14.4. The zero-order valence-corrected chi connectivity index (χ0v) is 23.2. The highest BCUT2D eigenvalue weighted by Crippen LogP contribution is 2.38. The molecule has 3 aliphatic rings. The summed E-state index contributed by atoms with van der Waals surface area (Å²) in [5.41, 5.74) is 3.49. The van der Waals surface area contributed by atoms with Crippen LogP contribution < -0.4 is 5.32 Å². The maximum Gasteiger partial charge on any atom is 0.338 e. The number of benzene rings is 1. The fraction of sp³-hybridized carbons (Fsp3) is 0.600. The summed E-state index contributed by atoms with van der Waals surface area (Å²) >= 11 is 0. The average Bonchev–Trinajstić information content (AvgIpc) is 3.24. The topological polar surface area (TPSA) is 103 Å². The lowest BCUT2D eigenvalue weighted by atomic mass is 9.75. The van der Waals surface area contributed by atoms with E-state index in [4.69, 9.17) is 14.6 Å². The zero-order chi connectivity index (χ0) is 27.4. The van der Waals surface area contributed by atoms with Gasteiger partial charge in [0.1, 0.15) is 5.69 Å². The number of nitrogens with zero attached hydrogens (tertiary/aromatic N) is 3. The average molecular weight is 537 g/mol. The third-order valence-corrected chi connectivity index (χ3v) is 8.41. The molecule has 210 valence electrons. The van der Waals surface area contributed by atoms with Crippen molar-refractivity contribution in [3.63, 3.8) is 0 Å². The lowest BCUT2D eigenvalue weighted by molar-refractivity contribution is 0.0160. The SMILES string of the molecule is CCn1nc(CC(C)COC(=O)c2cccc(C(=O)N3CCCCC3)c2)c2c1C(=O)NCC1(CCOCC1)C2. The number of carbonyl (C=O) groups is 3. The molecule has 0 aliphatic carbocycles. The van der Waals surface area contributed by atoms with Crippen LogP contribution in [0.3, 0.4) is 0 Å². The van der Waals surface area contributed by atoms with Crippen molar-refractivity contribution in [2.75, 3.05) is 39.5 Å². The summed E-state index contributed by atoms with van der Waals surface area (Å²) in [5.74, 6) is -0.523. The third-order valence-electron chi connectivity index (χ3n) is 8.41. The van der Waals surface area contributed by atoms with Gasteiger partial charge in [-0.15, -0.1) is 0 Å². The molecule has 2 saturated heterocycles. The number of ether oxygens (including phenoxy) is 2. The van der Waals surface area contributed by atoms with Crippen molar-refractivity contribution >= 4 is 17.8 Å². The first kappa shape index (κ1) is 27.4. The van der Waals surface area contributed by atoms with Gasteiger partial charge in [0, 0.05) is 50.5 Å². The first-order valence-electron chi connectivity index (χ1n) is 14.4. The number of hydrogen-bond acceptors (Lipinski definition) is 6. The number of nitrogens with one attached hydrogen (secondary N) is 1. The van der Waals surface area contributed by atoms with Crippen LogP contribution in [-0.4, -0.2) is 71.9 Å². The molecule has 3 aliphatic heterocycles. The largest absolute Gasteiger partial charge is 0.462 e. The Morgan fingerprint density at radius 3 is 2.64 bits per heavy atom. The fourth-order valence-electron chi connectivity index (χ4n) is 6.08. The molecule has 1 N–H and O–H groups in total. The van der Waals surface area contributed by atoms with Crippen molar-refractivity contribution < 1.29 is 23.9 Å². The molecule has 0 radical (unpaired) electrons. The number of likely N-dealkylation sites (tertiary alicyclic amines) is 1. The second kappa shape index (κ2) is 11.9. The molecule has 9 nitrogen and oxygen atoms in total. The van der Waals surface area contributed by atoms with E-state index in [1.807, 2.05) is 23.4 Å². The number of esters is 1. The van der Waals surface area contributed by atoms with Crippen LogP contribution >= 0.6 is 0 Å². The standard InChI is InChI=1S/C30H40N4O5/c1-3-34-26-24(18-30(20-31-27(26)35)10-14-38-15-11-30)25(32-34)16-21(2)19-39-29(37)23-9-7-8-22(17-23)28(36)33-12-5-4-6-13-33/h7-9,17,21H,3-6,10-16,18-20H2,1-2H3,(H,31,35). The van der Waals surface area contributed by atoms with Crippen molar-refractivity contribution in [3.8, 4) is 0 Å². The van der Waals surface area contributed by atoms with Gasteiger partial charge in [0.25, 0.3) is 11.8 Å². The van der Waals surface area contributed by atoms with Crippen LogP contribution in [-0.2, 0) is 28.9 Å². The summed E-state index contributed by atoms with van der Waals surface area (Å²) < 4.78 is 13.1. The predicted octanol–water partition coefficient (Wildman–Crippen LogP) is 3.65. The number of carbonyl (C=O) groups excluding carboxylic acids is 3. The van der Waals surface area contributed by atoms with Crippen molar-refractivity contribution in [1.29, 1.82) is 0 Å². The van der Waals surface area contributed by atoms with Crippen LogP contribution in [0.15, 0.2) is 24.3 Å². The predicted molar refractivity (Wildman–Crippen MR) is 146 cm³/mol. The van der Waals surface area contributed by atoms with Crippen molar-refractivity contribution in [3.05, 3.63) is 52.3 Å². The van der Waals surface area contributed by atoms with Gasteiger partial charge < -0.3 is 19.7 Å². The molecule has 2 amide bonds. The number of aromatic nitrogens is 2. The Hall–Kier alpha value is -3.20. The summed E-state index contributed by atoms with van der Waals surface area (Å²) in [4.78, 5) is 40.7. The van der Waals surface area contributed by atoms with Gasteiger partial charge >= 0.3 is 5.97 Å². The van der Waals surface area contributed by atoms with Gasteiger partial charge in [-0.3, -0.25) is 14.3 Å². The van der Waals surface area contributed by atoms with Crippen LogP contribution in [0.2, 0.25) is 0 Å². The van der Waals surface area contributed by atoms with Gasteiger partial charge in [0.05, 0.1) is 17.9 Å². The molecule has 9 heteroatoms. The van der Waals surface area contributed by atoms with Gasteiger partial charge in [-0.05, 0) is 81.4 Å². The molecule has 39 heavy (non-hydrogen) atoms. The number of aryl methyl sites for hydroxylation is 1. The van der Waals surface area contributed by atoms with Crippen LogP contribution in [0.25, 0.3) is 0 Å². The van der Waals surface area contributed by atoms with E-state index >= 15 is 0 Å². The Morgan fingerprint density at radius 2 is 1.90 bits per heavy atom. The molecule has 0 saturated carbocycles. The van der Waals surface area contributed by atoms with Gasteiger partial charge in [0.15, 0.2) is 0 Å². The van der Waals surface area contributed by atoms with Crippen LogP contribution in [0.4, 0.5) is 0 Å². The van der Waals surface area contributed by atoms with E-state index in [1.165, 1.54) is 0 Å². The monoisotopic (exact) mass is 536 g/mol. The molecule has 2 fully saturated rings. The molecule has 0 bridgehead atoms. The van der Waals surface area contributed by atoms with Crippen LogP contribution in [0, 0.1) is 11.3 Å². The van der Waals surface area contributed by atoms with Crippen molar-refractivity contribution in [1.82, 2.24) is 20.0 Å². The maximum absolute atomic E-state index is 13.1. The van der Waals surface area contributed by atoms with Crippen molar-refractivity contribution in [2.45, 2.75) is 65.3 Å². The van der Waals surface area contributed by atoms with E-state index in [2.05, 4.69) is 5.32 Å². The first-order chi connectivity index (χ1) is 18.9. The number of rotatable bonds is 7. The Kier molecular flexibility index (Phi) is 8.35. The van der Waals surface area contributed by atoms with E-state index in [0.717, 1.165) is 62.9 Å². The molecular weight excluding hydrogens is 496 g/mol. The number of hydrogen-bond donors (Lipinski definition) is 1. The molecule has 4 heterocycles. The van der Waals surface area contributed by atoms with E-state index in [9.17, 15) is 14.4 Å². The summed E-state index contributed by atoms with van der Waals surface area (Å²) in [5, 5.41) is 7.97. The molecular formula is C30H40N4O5. The summed E-state index contributed by atoms with van der Waals surface area (Å²) in [6.45, 7) is 8.46. The number of amides is 2.